The van der Waals surface area contributed by atoms with Gasteiger partial charge in [0.05, 0.1) is 29.6 Å². The van der Waals surface area contributed by atoms with Gasteiger partial charge >= 0.3 is 5.69 Å². The van der Waals surface area contributed by atoms with Crippen molar-refractivity contribution in [3.63, 3.8) is 0 Å². The highest BCUT2D eigenvalue weighted by Gasteiger charge is 2.35. The van der Waals surface area contributed by atoms with Crippen LogP contribution >= 0.6 is 0 Å². The van der Waals surface area contributed by atoms with E-state index < -0.39 is 0 Å². The summed E-state index contributed by atoms with van der Waals surface area (Å²) in [7, 11) is 1.77. The van der Waals surface area contributed by atoms with Crippen molar-refractivity contribution < 1.29 is 4.79 Å². The molecule has 9 heteroatoms. The van der Waals surface area contributed by atoms with E-state index in [9.17, 15) is 9.59 Å². The number of carbonyl (C=O) groups excluding carboxylic acids is 1. The van der Waals surface area contributed by atoms with Crippen LogP contribution in [0.2, 0.25) is 0 Å². The predicted octanol–water partition coefficient (Wildman–Crippen LogP) is 2.45. The third-order valence-corrected chi connectivity index (χ3v) is 6.75. The van der Waals surface area contributed by atoms with Gasteiger partial charge in [0.2, 0.25) is 0 Å². The summed E-state index contributed by atoms with van der Waals surface area (Å²) in [6.45, 7) is 2.44. The summed E-state index contributed by atoms with van der Waals surface area (Å²) in [5, 5.41) is 2.95. The summed E-state index contributed by atoms with van der Waals surface area (Å²) < 4.78 is 1.91. The molecule has 3 aromatic rings. The first-order chi connectivity index (χ1) is 15.7. The molecule has 0 aliphatic carbocycles. The number of anilines is 1. The monoisotopic (exact) mass is 435 g/mol. The summed E-state index contributed by atoms with van der Waals surface area (Å²) in [6, 6.07) is 8.03. The van der Waals surface area contributed by atoms with Gasteiger partial charge in [-0.25, -0.2) is 9.78 Å². The lowest BCUT2D eigenvalue weighted by atomic mass is 10.00. The van der Waals surface area contributed by atoms with Crippen LogP contribution in [0, 0.1) is 0 Å². The average molecular weight is 436 g/mol. The quantitative estimate of drug-likeness (QED) is 0.653. The Hall–Kier alpha value is -3.20. The molecule has 0 bridgehead atoms. The zero-order chi connectivity index (χ0) is 22.1. The molecule has 1 amide bonds. The third kappa shape index (κ3) is 3.77. The van der Waals surface area contributed by atoms with E-state index >= 15 is 0 Å². The molecule has 2 saturated heterocycles. The highest BCUT2D eigenvalue weighted by atomic mass is 16.2. The largest absolute Gasteiger partial charge is 0.372 e. The van der Waals surface area contributed by atoms with Crippen molar-refractivity contribution in [1.29, 1.82) is 0 Å². The summed E-state index contributed by atoms with van der Waals surface area (Å²) in [6.07, 6.45) is 8.07. The SMILES string of the molecule is CNc1cncc(C(=O)N2CCCCC2N2CCC(n3c(=O)[nH]c4ccccc43)CC2)n1. The van der Waals surface area contributed by atoms with Crippen molar-refractivity contribution in [2.75, 3.05) is 32.0 Å². The average Bonchev–Trinajstić information content (AvgIpc) is 3.19. The molecule has 2 fully saturated rings. The summed E-state index contributed by atoms with van der Waals surface area (Å²) in [5.74, 6) is 0.531. The van der Waals surface area contributed by atoms with Crippen LogP contribution in [0.15, 0.2) is 41.5 Å². The Morgan fingerprint density at radius 2 is 1.91 bits per heavy atom. The number of amides is 1. The van der Waals surface area contributed by atoms with Crippen molar-refractivity contribution in [1.82, 2.24) is 29.3 Å². The van der Waals surface area contributed by atoms with E-state index in [2.05, 4.69) is 25.2 Å². The van der Waals surface area contributed by atoms with E-state index in [1.165, 1.54) is 0 Å². The third-order valence-electron chi connectivity index (χ3n) is 6.75. The van der Waals surface area contributed by atoms with Crippen LogP contribution in [0.4, 0.5) is 5.82 Å². The Balaban J connectivity index is 1.32. The molecule has 0 radical (unpaired) electrons. The number of hydrogen-bond acceptors (Lipinski definition) is 6. The number of carbonyl (C=O) groups is 1. The second kappa shape index (κ2) is 8.74. The van der Waals surface area contributed by atoms with Crippen molar-refractivity contribution >= 4 is 22.8 Å². The van der Waals surface area contributed by atoms with Gasteiger partial charge < -0.3 is 15.2 Å². The van der Waals surface area contributed by atoms with Gasteiger partial charge in [0.15, 0.2) is 0 Å². The van der Waals surface area contributed by atoms with Gasteiger partial charge in [-0.15, -0.1) is 0 Å². The van der Waals surface area contributed by atoms with Crippen LogP contribution in [0.5, 0.6) is 0 Å². The van der Waals surface area contributed by atoms with Crippen LogP contribution in [-0.2, 0) is 0 Å². The van der Waals surface area contributed by atoms with Gasteiger partial charge in [-0.05, 0) is 44.2 Å². The summed E-state index contributed by atoms with van der Waals surface area (Å²) in [4.78, 5) is 41.8. The fourth-order valence-electron chi connectivity index (χ4n) is 5.15. The number of aromatic nitrogens is 4. The Kier molecular flexibility index (Phi) is 5.65. The molecule has 1 unspecified atom stereocenters. The standard InChI is InChI=1S/C23H29N7O2/c1-24-20-15-25-14-18(26-20)22(31)29-11-5-4-8-21(29)28-12-9-16(10-13-28)30-19-7-3-2-6-17(19)27-23(30)32/h2-3,6-7,14-16,21H,4-5,8-13H2,1H3,(H,24,26)(H,27,32). The molecular formula is C23H29N7O2. The minimum Gasteiger partial charge on any atom is -0.372 e. The topological polar surface area (TPSA) is 99.1 Å². The number of imidazole rings is 1. The van der Waals surface area contributed by atoms with E-state index in [1.54, 1.807) is 19.4 Å². The second-order valence-corrected chi connectivity index (χ2v) is 8.60. The zero-order valence-corrected chi connectivity index (χ0v) is 18.3. The van der Waals surface area contributed by atoms with E-state index in [1.807, 2.05) is 33.7 Å². The first-order valence-electron chi connectivity index (χ1n) is 11.4. The minimum atomic E-state index is -0.0609. The zero-order valence-electron chi connectivity index (χ0n) is 18.3. The smallest absolute Gasteiger partial charge is 0.326 e. The number of rotatable bonds is 4. The number of benzene rings is 1. The number of para-hydroxylation sites is 2. The Morgan fingerprint density at radius 3 is 2.72 bits per heavy atom. The summed E-state index contributed by atoms with van der Waals surface area (Å²) in [5.41, 5.74) is 2.19. The Labute approximate surface area is 186 Å². The first-order valence-corrected chi connectivity index (χ1v) is 11.4. The molecule has 2 aromatic heterocycles. The van der Waals surface area contributed by atoms with E-state index in [0.717, 1.165) is 62.8 Å². The molecule has 1 aromatic carbocycles. The van der Waals surface area contributed by atoms with Crippen LogP contribution < -0.4 is 11.0 Å². The number of nitrogens with zero attached hydrogens (tertiary/aromatic N) is 5. The van der Waals surface area contributed by atoms with Crippen LogP contribution in [0.3, 0.4) is 0 Å². The van der Waals surface area contributed by atoms with Crippen LogP contribution in [0.25, 0.3) is 11.0 Å². The van der Waals surface area contributed by atoms with Gasteiger partial charge in [-0.3, -0.25) is 19.2 Å². The van der Waals surface area contributed by atoms with Gasteiger partial charge in [0.25, 0.3) is 5.91 Å². The number of aromatic amines is 1. The number of fused-ring (bicyclic) bond motifs is 1. The molecule has 168 valence electrons. The number of hydrogen-bond donors (Lipinski definition) is 2. The maximum Gasteiger partial charge on any atom is 0.326 e. The molecule has 5 rings (SSSR count). The van der Waals surface area contributed by atoms with E-state index in [0.29, 0.717) is 11.5 Å². The van der Waals surface area contributed by atoms with Gasteiger partial charge in [0.1, 0.15) is 11.5 Å². The van der Waals surface area contributed by atoms with Gasteiger partial charge in [-0.2, -0.15) is 0 Å². The maximum absolute atomic E-state index is 13.3. The van der Waals surface area contributed by atoms with Crippen molar-refractivity contribution in [3.05, 3.63) is 52.8 Å². The molecule has 9 nitrogen and oxygen atoms in total. The molecule has 2 aliphatic heterocycles. The molecule has 0 saturated carbocycles. The summed E-state index contributed by atoms with van der Waals surface area (Å²) >= 11 is 0. The highest BCUT2D eigenvalue weighted by Crippen LogP contribution is 2.30. The van der Waals surface area contributed by atoms with E-state index in [4.69, 9.17) is 0 Å². The molecular weight excluding hydrogens is 406 g/mol. The second-order valence-electron chi connectivity index (χ2n) is 8.60. The number of H-pyrrole nitrogens is 1. The van der Waals surface area contributed by atoms with Crippen molar-refractivity contribution in [2.24, 2.45) is 0 Å². The lowest BCUT2D eigenvalue weighted by Crippen LogP contribution is -2.55. The normalized spacial score (nSPS) is 20.5. The van der Waals surface area contributed by atoms with Gasteiger partial charge in [-0.1, -0.05) is 12.1 Å². The lowest BCUT2D eigenvalue weighted by Gasteiger charge is -2.45. The lowest BCUT2D eigenvalue weighted by molar-refractivity contribution is 0.000825. The van der Waals surface area contributed by atoms with E-state index in [-0.39, 0.29) is 23.8 Å². The number of nitrogens with one attached hydrogen (secondary N) is 2. The number of piperidine rings is 2. The first kappa shape index (κ1) is 20.7. The van der Waals surface area contributed by atoms with Crippen LogP contribution in [-0.4, -0.2) is 68.1 Å². The molecule has 32 heavy (non-hydrogen) atoms. The molecule has 2 N–H and O–H groups in total. The Bertz CT molecular complexity index is 1160. The molecule has 1 atom stereocenters. The highest BCUT2D eigenvalue weighted by molar-refractivity contribution is 5.92. The minimum absolute atomic E-state index is 0.0397. The predicted molar refractivity (Wildman–Crippen MR) is 123 cm³/mol. The maximum atomic E-state index is 13.3. The van der Waals surface area contributed by atoms with Gasteiger partial charge in [0, 0.05) is 32.7 Å². The van der Waals surface area contributed by atoms with Crippen molar-refractivity contribution in [3.8, 4) is 0 Å². The molecule has 4 heterocycles. The fourth-order valence-corrected chi connectivity index (χ4v) is 5.15. The van der Waals surface area contributed by atoms with Crippen LogP contribution in [0.1, 0.15) is 48.6 Å². The fraction of sp³-hybridized carbons (Fsp3) is 0.478. The number of likely N-dealkylation sites (tertiary alicyclic amines) is 2. The molecule has 0 spiro atoms. The van der Waals surface area contributed by atoms with Crippen molar-refractivity contribution in [2.45, 2.75) is 44.3 Å². The molecule has 2 aliphatic rings. The Morgan fingerprint density at radius 1 is 1.09 bits per heavy atom.